The molecule has 9 heteroatoms. The number of aromatic nitrogens is 1. The molecule has 0 aliphatic rings. The van der Waals surface area contributed by atoms with E-state index in [1.165, 1.54) is 0 Å². The zero-order valence-corrected chi connectivity index (χ0v) is 20.5. The Morgan fingerprint density at radius 3 is 2.06 bits per heavy atom. The maximum atomic E-state index is 11.2. The summed E-state index contributed by atoms with van der Waals surface area (Å²) in [4.78, 5) is 16.1. The number of nitrogens with one attached hydrogen (secondary N) is 1. The van der Waals surface area contributed by atoms with E-state index in [4.69, 9.17) is 33.9 Å². The van der Waals surface area contributed by atoms with Crippen molar-refractivity contribution in [2.24, 2.45) is 0 Å². The molecule has 0 aliphatic heterocycles. The monoisotopic (exact) mass is 482 g/mol. The molecule has 0 aliphatic carbocycles. The van der Waals surface area contributed by atoms with Gasteiger partial charge in [0, 0.05) is 17.5 Å². The lowest BCUT2D eigenvalue weighted by molar-refractivity contribution is -0.129. The van der Waals surface area contributed by atoms with Gasteiger partial charge in [-0.05, 0) is 61.9 Å². The van der Waals surface area contributed by atoms with Gasteiger partial charge in [0.25, 0.3) is 0 Å². The van der Waals surface area contributed by atoms with E-state index in [1.807, 2.05) is 55.5 Å². The second-order valence-corrected chi connectivity index (χ2v) is 7.69. The van der Waals surface area contributed by atoms with Crippen LogP contribution in [0.15, 0.2) is 48.5 Å². The van der Waals surface area contributed by atoms with Crippen molar-refractivity contribution in [2.45, 2.75) is 25.9 Å². The van der Waals surface area contributed by atoms with E-state index < -0.39 is 5.91 Å². The molecule has 2 N–H and O–H groups in total. The van der Waals surface area contributed by atoms with Crippen LogP contribution in [0, 0.1) is 0 Å². The summed E-state index contributed by atoms with van der Waals surface area (Å²) in [7, 11) is 6.30. The lowest BCUT2D eigenvalue weighted by Crippen LogP contribution is -2.21. The highest BCUT2D eigenvalue weighted by Crippen LogP contribution is 2.41. The van der Waals surface area contributed by atoms with Crippen molar-refractivity contribution in [2.75, 3.05) is 28.4 Å². The Bertz CT molecular complexity index is 1120. The predicted octanol–water partition coefficient (Wildman–Crippen LogP) is 4.50. The van der Waals surface area contributed by atoms with Crippen molar-refractivity contribution in [3.05, 3.63) is 48.5 Å². The lowest BCUT2D eigenvalue weighted by Gasteiger charge is -2.16. The van der Waals surface area contributed by atoms with E-state index in [2.05, 4.69) is 0 Å². The maximum Gasteiger partial charge on any atom is 0.243 e. The van der Waals surface area contributed by atoms with Crippen LogP contribution in [0.3, 0.4) is 0 Å². The summed E-state index contributed by atoms with van der Waals surface area (Å²) < 4.78 is 27.8. The van der Waals surface area contributed by atoms with Gasteiger partial charge in [0.2, 0.25) is 11.7 Å². The number of ether oxygens (including phenoxy) is 5. The molecule has 1 unspecified atom stereocenters. The van der Waals surface area contributed by atoms with Crippen LogP contribution in [0.25, 0.3) is 22.5 Å². The number of benzene rings is 2. The Morgan fingerprint density at radius 1 is 0.886 bits per heavy atom. The number of amides is 1. The van der Waals surface area contributed by atoms with Crippen LogP contribution in [0.5, 0.6) is 28.7 Å². The van der Waals surface area contributed by atoms with E-state index in [0.717, 1.165) is 11.1 Å². The minimum Gasteiger partial charge on any atom is -0.494 e. The molecule has 3 rings (SSSR count). The number of carbonyl (C=O) groups excluding carboxylic acids is 1. The van der Waals surface area contributed by atoms with Gasteiger partial charge >= 0.3 is 0 Å². The van der Waals surface area contributed by atoms with Gasteiger partial charge in [0.05, 0.1) is 40.2 Å². The summed E-state index contributed by atoms with van der Waals surface area (Å²) in [5.74, 6) is 2.42. The molecule has 2 aromatic carbocycles. The Balaban J connectivity index is 1.89. The molecule has 1 aromatic heterocycles. The summed E-state index contributed by atoms with van der Waals surface area (Å²) in [5.41, 5.74) is 4.63. The molecule has 0 bridgehead atoms. The maximum absolute atomic E-state index is 11.2. The fourth-order valence-electron chi connectivity index (χ4n) is 3.58. The van der Waals surface area contributed by atoms with Crippen LogP contribution < -0.4 is 29.2 Å². The number of pyridine rings is 1. The van der Waals surface area contributed by atoms with Gasteiger partial charge in [0.15, 0.2) is 11.5 Å². The first kappa shape index (κ1) is 25.6. The molecule has 0 spiro atoms. The van der Waals surface area contributed by atoms with Gasteiger partial charge in [-0.3, -0.25) is 10.0 Å². The van der Waals surface area contributed by atoms with Crippen molar-refractivity contribution in [3.63, 3.8) is 0 Å². The normalized spacial score (nSPS) is 11.4. The molecule has 9 nitrogen and oxygen atoms in total. The Hall–Kier alpha value is -3.98. The molecule has 0 radical (unpaired) electrons. The zero-order valence-electron chi connectivity index (χ0n) is 20.5. The largest absolute Gasteiger partial charge is 0.494 e. The number of rotatable bonds is 11. The minimum atomic E-state index is -0.444. The molecule has 0 saturated carbocycles. The molecule has 186 valence electrons. The zero-order chi connectivity index (χ0) is 25.4. The third kappa shape index (κ3) is 6.13. The van der Waals surface area contributed by atoms with E-state index in [1.54, 1.807) is 33.9 Å². The Kier molecular flexibility index (Phi) is 8.74. The van der Waals surface area contributed by atoms with Gasteiger partial charge in [-0.2, -0.15) is 0 Å². The van der Waals surface area contributed by atoms with Gasteiger partial charge in [-0.25, -0.2) is 10.5 Å². The topological polar surface area (TPSA) is 108 Å². The highest BCUT2D eigenvalue weighted by Gasteiger charge is 2.17. The second-order valence-electron chi connectivity index (χ2n) is 7.69. The third-order valence-corrected chi connectivity index (χ3v) is 5.41. The predicted molar refractivity (Wildman–Crippen MR) is 131 cm³/mol. The van der Waals surface area contributed by atoms with Crippen molar-refractivity contribution < 1.29 is 33.7 Å². The number of hydrogen-bond donors (Lipinski definition) is 2. The lowest BCUT2D eigenvalue weighted by atomic mass is 10.1. The smallest absolute Gasteiger partial charge is 0.243 e. The number of methoxy groups -OCH3 is 4. The molecular weight excluding hydrogens is 452 g/mol. The highest BCUT2D eigenvalue weighted by atomic mass is 16.5. The van der Waals surface area contributed by atoms with Crippen LogP contribution in [0.4, 0.5) is 0 Å². The second kappa shape index (κ2) is 11.9. The number of carbonyl (C=O) groups is 1. The van der Waals surface area contributed by atoms with E-state index in [-0.39, 0.29) is 12.5 Å². The number of nitrogens with zero attached hydrogens (tertiary/aromatic N) is 1. The molecular formula is C26H30N2O7. The van der Waals surface area contributed by atoms with Crippen molar-refractivity contribution >= 4 is 5.91 Å². The Labute approximate surface area is 204 Å². The number of hydrogen-bond acceptors (Lipinski definition) is 8. The number of hydroxylamine groups is 1. The fraction of sp³-hybridized carbons (Fsp3) is 0.308. The summed E-state index contributed by atoms with van der Waals surface area (Å²) in [5, 5.41) is 8.61. The molecule has 1 atom stereocenters. The average Bonchev–Trinajstić information content (AvgIpc) is 2.90. The third-order valence-electron chi connectivity index (χ3n) is 5.41. The first-order valence-corrected chi connectivity index (χ1v) is 11.0. The van der Waals surface area contributed by atoms with E-state index in [0.29, 0.717) is 46.6 Å². The van der Waals surface area contributed by atoms with Crippen LogP contribution in [0.2, 0.25) is 0 Å². The summed E-state index contributed by atoms with van der Waals surface area (Å²) in [6.45, 7) is 1.87. The first-order chi connectivity index (χ1) is 16.9. The molecule has 0 fully saturated rings. The molecule has 0 saturated heterocycles. The van der Waals surface area contributed by atoms with E-state index in [9.17, 15) is 4.79 Å². The summed E-state index contributed by atoms with van der Waals surface area (Å²) in [6, 6.07) is 14.9. The Morgan fingerprint density at radius 2 is 1.51 bits per heavy atom. The van der Waals surface area contributed by atoms with E-state index >= 15 is 0 Å². The molecule has 35 heavy (non-hydrogen) atoms. The summed E-state index contributed by atoms with van der Waals surface area (Å²) >= 11 is 0. The van der Waals surface area contributed by atoms with Crippen LogP contribution in [0.1, 0.15) is 19.8 Å². The van der Waals surface area contributed by atoms with Crippen molar-refractivity contribution in [3.8, 4) is 51.3 Å². The van der Waals surface area contributed by atoms with Crippen molar-refractivity contribution in [1.29, 1.82) is 0 Å². The van der Waals surface area contributed by atoms with Gasteiger partial charge in [0.1, 0.15) is 17.2 Å². The van der Waals surface area contributed by atoms with Gasteiger partial charge in [-0.1, -0.05) is 0 Å². The quantitative estimate of drug-likeness (QED) is 0.304. The first-order valence-electron chi connectivity index (χ1n) is 11.0. The molecule has 1 heterocycles. The SMILES string of the molecule is COc1ccc(-c2cc(OC)c(OC)c(OC)c2)nc1-c1ccc(OC(C)CCC(=O)NO)cc1. The van der Waals surface area contributed by atoms with Crippen LogP contribution in [-0.4, -0.2) is 50.6 Å². The average molecular weight is 483 g/mol. The van der Waals surface area contributed by atoms with Crippen LogP contribution >= 0.6 is 0 Å². The minimum absolute atomic E-state index is 0.171. The fourth-order valence-corrected chi connectivity index (χ4v) is 3.58. The highest BCUT2D eigenvalue weighted by molar-refractivity contribution is 5.75. The van der Waals surface area contributed by atoms with Crippen LogP contribution in [-0.2, 0) is 4.79 Å². The van der Waals surface area contributed by atoms with Gasteiger partial charge < -0.3 is 23.7 Å². The molecule has 1 amide bonds. The summed E-state index contributed by atoms with van der Waals surface area (Å²) in [6.07, 6.45) is 0.444. The molecule has 3 aromatic rings. The standard InChI is InChI=1S/C26H30N2O7/c1-16(6-13-24(29)28-30)35-19-9-7-17(8-10-19)25-21(31-2)12-11-20(27-25)18-14-22(32-3)26(34-5)23(15-18)33-4/h7-12,14-16,30H,6,13H2,1-5H3,(H,28,29). The van der Waals surface area contributed by atoms with Crippen molar-refractivity contribution in [1.82, 2.24) is 10.5 Å². The van der Waals surface area contributed by atoms with Gasteiger partial charge in [-0.15, -0.1) is 0 Å².